The van der Waals surface area contributed by atoms with Crippen molar-refractivity contribution in [3.63, 3.8) is 0 Å². The Bertz CT molecular complexity index is 780. The molecule has 6 unspecified atom stereocenters. The summed E-state index contributed by atoms with van der Waals surface area (Å²) in [6.07, 6.45) is 9.77. The van der Waals surface area contributed by atoms with Gasteiger partial charge in [-0.2, -0.15) is 0 Å². The highest BCUT2D eigenvalue weighted by molar-refractivity contribution is 6.20. The molecule has 10 heteroatoms. The summed E-state index contributed by atoms with van der Waals surface area (Å²) in [6, 6.07) is 0.925. The molecule has 218 valence electrons. The highest BCUT2D eigenvalue weighted by Crippen LogP contribution is 2.46. The van der Waals surface area contributed by atoms with Crippen molar-refractivity contribution >= 4 is 17.5 Å². The maximum absolute atomic E-state index is 14.0. The second kappa shape index (κ2) is 13.0. The lowest BCUT2D eigenvalue weighted by Gasteiger charge is -2.50. The third-order valence-corrected chi connectivity index (χ3v) is 10.8. The Hall–Kier alpha value is -0.520. The number of hydrogen-bond acceptors (Lipinski definition) is 8. The number of carbonyl (C=O) groups is 1. The van der Waals surface area contributed by atoms with Crippen LogP contribution < -0.4 is 27.4 Å². The third kappa shape index (κ3) is 6.85. The van der Waals surface area contributed by atoms with Gasteiger partial charge < -0.3 is 32.3 Å². The molecule has 1 saturated carbocycles. The van der Waals surface area contributed by atoms with Gasteiger partial charge in [-0.3, -0.25) is 14.6 Å². The molecule has 38 heavy (non-hydrogen) atoms. The molecule has 6 atom stereocenters. The van der Waals surface area contributed by atoms with Gasteiger partial charge in [-0.05, 0) is 57.5 Å². The molecule has 4 heterocycles. The van der Waals surface area contributed by atoms with E-state index in [1.807, 2.05) is 0 Å². The van der Waals surface area contributed by atoms with Gasteiger partial charge in [0.15, 0.2) is 0 Å². The molecule has 7 N–H and O–H groups in total. The van der Waals surface area contributed by atoms with Gasteiger partial charge in [0.25, 0.3) is 0 Å². The molecule has 1 amide bonds. The SMILES string of the molecule is CN1CCN2CCN(C3CCNCC3NC(=O)C(C(N)N)C3CC4(CCCCC4)CCC(Cl)CN3)CC2C1. The number of likely N-dealkylation sites (N-methyl/N-ethyl adjacent to an activating group) is 1. The molecule has 0 radical (unpaired) electrons. The maximum atomic E-state index is 14.0. The number of hydrogen-bond donors (Lipinski definition) is 5. The van der Waals surface area contributed by atoms with E-state index in [1.165, 1.54) is 32.1 Å². The van der Waals surface area contributed by atoms with Crippen LogP contribution in [0.25, 0.3) is 0 Å². The van der Waals surface area contributed by atoms with Gasteiger partial charge in [-0.1, -0.05) is 19.3 Å². The van der Waals surface area contributed by atoms with E-state index in [0.29, 0.717) is 18.6 Å². The van der Waals surface area contributed by atoms with E-state index in [4.69, 9.17) is 23.1 Å². The Morgan fingerprint density at radius 3 is 2.55 bits per heavy atom. The van der Waals surface area contributed by atoms with Crippen LogP contribution in [-0.4, -0.2) is 122 Å². The molecule has 5 rings (SSSR count). The van der Waals surface area contributed by atoms with Crippen molar-refractivity contribution in [1.29, 1.82) is 0 Å². The summed E-state index contributed by atoms with van der Waals surface area (Å²) in [5.74, 6) is -0.466. The van der Waals surface area contributed by atoms with Crippen LogP contribution in [0, 0.1) is 11.3 Å². The van der Waals surface area contributed by atoms with Crippen molar-refractivity contribution in [3.05, 3.63) is 0 Å². The Balaban J connectivity index is 1.27. The van der Waals surface area contributed by atoms with E-state index in [2.05, 4.69) is 37.7 Å². The highest BCUT2D eigenvalue weighted by atomic mass is 35.5. The average molecular weight is 553 g/mol. The molecule has 9 nitrogen and oxygen atoms in total. The molecule has 4 aliphatic heterocycles. The van der Waals surface area contributed by atoms with Gasteiger partial charge >= 0.3 is 0 Å². The van der Waals surface area contributed by atoms with Crippen LogP contribution in [0.4, 0.5) is 0 Å². The van der Waals surface area contributed by atoms with Crippen LogP contribution in [0.15, 0.2) is 0 Å². The Morgan fingerprint density at radius 1 is 1.00 bits per heavy atom. The maximum Gasteiger partial charge on any atom is 0.227 e. The molecule has 0 aromatic heterocycles. The lowest BCUT2D eigenvalue weighted by molar-refractivity contribution is -0.128. The van der Waals surface area contributed by atoms with Gasteiger partial charge in [0, 0.05) is 75.9 Å². The molecule has 0 bridgehead atoms. The van der Waals surface area contributed by atoms with E-state index in [1.54, 1.807) is 0 Å². The third-order valence-electron chi connectivity index (χ3n) is 10.5. The average Bonchev–Trinajstić information content (AvgIpc) is 2.90. The quantitative estimate of drug-likeness (QED) is 0.245. The Kier molecular flexibility index (Phi) is 9.90. The molecule has 5 aliphatic rings. The minimum absolute atomic E-state index is 0.00453. The standard InChI is InChI=1S/C28H53ClN8O/c1-35-11-12-36-13-14-37(19-21(36)18-35)24-6-10-32-17-23(24)34-27(38)25(26(30)31)22-15-28(7-3-2-4-8-28)9-5-20(29)16-33-22/h20-26,32-33H,2-19,30-31H2,1H3,(H,34,38). The fraction of sp³-hybridized carbons (Fsp3) is 0.964. The fourth-order valence-electron chi connectivity index (χ4n) is 8.26. The molecule has 4 saturated heterocycles. The van der Waals surface area contributed by atoms with Crippen LogP contribution in [0.1, 0.15) is 57.8 Å². The summed E-state index contributed by atoms with van der Waals surface area (Å²) in [5.41, 5.74) is 13.0. The number of halogens is 1. The van der Waals surface area contributed by atoms with Gasteiger partial charge in [-0.15, -0.1) is 11.6 Å². The first-order valence-electron chi connectivity index (χ1n) is 15.4. The lowest BCUT2D eigenvalue weighted by atomic mass is 9.65. The zero-order chi connectivity index (χ0) is 26.7. The first-order valence-corrected chi connectivity index (χ1v) is 15.8. The Morgan fingerprint density at radius 2 is 1.76 bits per heavy atom. The number of carbonyl (C=O) groups excluding carboxylic acids is 1. The second-order valence-corrected chi connectivity index (χ2v) is 13.8. The van der Waals surface area contributed by atoms with Crippen molar-refractivity contribution in [2.45, 2.75) is 93.5 Å². The number of alkyl halides is 1. The highest BCUT2D eigenvalue weighted by Gasteiger charge is 2.43. The lowest BCUT2D eigenvalue weighted by Crippen LogP contribution is -2.68. The van der Waals surface area contributed by atoms with Crippen LogP contribution >= 0.6 is 11.6 Å². The zero-order valence-corrected chi connectivity index (χ0v) is 24.3. The summed E-state index contributed by atoms with van der Waals surface area (Å²) in [4.78, 5) is 21.7. The summed E-state index contributed by atoms with van der Waals surface area (Å²) in [7, 11) is 2.23. The minimum atomic E-state index is -0.710. The smallest absolute Gasteiger partial charge is 0.227 e. The van der Waals surface area contributed by atoms with E-state index < -0.39 is 12.1 Å². The second-order valence-electron chi connectivity index (χ2n) is 13.1. The van der Waals surface area contributed by atoms with Gasteiger partial charge in [0.1, 0.15) is 0 Å². The normalized spacial score (nSPS) is 36.8. The number of nitrogens with two attached hydrogens (primary N) is 2. The number of rotatable bonds is 5. The van der Waals surface area contributed by atoms with Gasteiger partial charge in [-0.25, -0.2) is 0 Å². The van der Waals surface area contributed by atoms with Crippen molar-refractivity contribution in [2.75, 3.05) is 66.0 Å². The van der Waals surface area contributed by atoms with Gasteiger partial charge in [0.2, 0.25) is 5.91 Å². The summed E-state index contributed by atoms with van der Waals surface area (Å²) in [6.45, 7) is 9.19. The molecule has 0 aromatic carbocycles. The monoisotopic (exact) mass is 552 g/mol. The number of nitrogens with zero attached hydrogens (tertiary/aromatic N) is 3. The van der Waals surface area contributed by atoms with Crippen LogP contribution in [0.3, 0.4) is 0 Å². The van der Waals surface area contributed by atoms with Crippen LogP contribution in [-0.2, 0) is 4.79 Å². The number of fused-ring (bicyclic) bond motifs is 1. The van der Waals surface area contributed by atoms with Crippen molar-refractivity contribution in [2.24, 2.45) is 22.8 Å². The van der Waals surface area contributed by atoms with E-state index in [9.17, 15) is 4.79 Å². The first-order chi connectivity index (χ1) is 18.3. The molecular formula is C28H53ClN8O. The number of amides is 1. The number of nitrogens with one attached hydrogen (secondary N) is 3. The number of piperazine rings is 2. The Labute approximate surface area is 235 Å². The predicted octanol–water partition coefficient (Wildman–Crippen LogP) is 0.324. The van der Waals surface area contributed by atoms with E-state index in [-0.39, 0.29) is 28.8 Å². The van der Waals surface area contributed by atoms with Crippen LogP contribution in [0.5, 0.6) is 0 Å². The molecular weight excluding hydrogens is 500 g/mol. The topological polar surface area (TPSA) is 115 Å². The molecule has 5 fully saturated rings. The van der Waals surface area contributed by atoms with Gasteiger partial charge in [0.05, 0.1) is 18.1 Å². The number of piperidine rings is 1. The van der Waals surface area contributed by atoms with E-state index >= 15 is 0 Å². The summed E-state index contributed by atoms with van der Waals surface area (Å²) in [5, 5.41) is 10.7. The molecule has 1 aliphatic carbocycles. The minimum Gasteiger partial charge on any atom is -0.350 e. The fourth-order valence-corrected chi connectivity index (χ4v) is 8.46. The van der Waals surface area contributed by atoms with Crippen molar-refractivity contribution in [1.82, 2.24) is 30.7 Å². The van der Waals surface area contributed by atoms with Crippen molar-refractivity contribution in [3.8, 4) is 0 Å². The van der Waals surface area contributed by atoms with Crippen molar-refractivity contribution < 1.29 is 4.79 Å². The molecule has 0 aromatic rings. The summed E-state index contributed by atoms with van der Waals surface area (Å²) < 4.78 is 0. The molecule has 1 spiro atoms. The largest absolute Gasteiger partial charge is 0.350 e. The predicted molar refractivity (Wildman–Crippen MR) is 154 cm³/mol. The summed E-state index contributed by atoms with van der Waals surface area (Å²) >= 11 is 6.70. The van der Waals surface area contributed by atoms with E-state index in [0.717, 1.165) is 78.0 Å². The first kappa shape index (κ1) is 29.0. The van der Waals surface area contributed by atoms with Crippen LogP contribution in [0.2, 0.25) is 0 Å². The zero-order valence-electron chi connectivity index (χ0n) is 23.6.